The topological polar surface area (TPSA) is 163 Å². The Labute approximate surface area is 148 Å². The number of nitrogens with zero attached hydrogens (tertiary/aromatic N) is 3. The van der Waals surface area contributed by atoms with Crippen LogP contribution >= 0.6 is 0 Å². The number of esters is 4. The molecular formula is C14H19N3O9. The zero-order valence-corrected chi connectivity index (χ0v) is 14.6. The Hall–Kier alpha value is -2.85. The normalized spacial score (nSPS) is 27.5. The number of rotatable bonds is 6. The van der Waals surface area contributed by atoms with Gasteiger partial charge in [-0.25, -0.2) is 0 Å². The van der Waals surface area contributed by atoms with Gasteiger partial charge in [0.15, 0.2) is 6.10 Å². The summed E-state index contributed by atoms with van der Waals surface area (Å²) in [5, 5.41) is 3.50. The molecule has 5 atom stereocenters. The average molecular weight is 373 g/mol. The van der Waals surface area contributed by atoms with Gasteiger partial charge in [-0.15, -0.1) is 0 Å². The molecule has 12 heteroatoms. The summed E-state index contributed by atoms with van der Waals surface area (Å²) in [5.41, 5.74) is 8.84. The van der Waals surface area contributed by atoms with E-state index in [9.17, 15) is 19.2 Å². The molecule has 12 nitrogen and oxygen atoms in total. The van der Waals surface area contributed by atoms with Gasteiger partial charge in [-0.1, -0.05) is 5.11 Å². The molecule has 1 fully saturated rings. The second-order valence-electron chi connectivity index (χ2n) is 5.30. The first-order valence-electron chi connectivity index (χ1n) is 7.50. The van der Waals surface area contributed by atoms with Crippen molar-refractivity contribution >= 4 is 23.9 Å². The summed E-state index contributed by atoms with van der Waals surface area (Å²) in [6.45, 7) is 4.06. The molecule has 1 aliphatic heterocycles. The standard InChI is InChI=1S/C14H19N3O9/c1-6(18)22-5-10-12(23-7(2)19)11(16-17-15)13(24-8(3)20)14(26-10)25-9(4)21/h10-14H,5H2,1-4H3/t10-,11+,12-,13-,14?/m1/s1. The predicted molar refractivity (Wildman–Crippen MR) is 81.1 cm³/mol. The molecule has 0 radical (unpaired) electrons. The lowest BCUT2D eigenvalue weighted by Crippen LogP contribution is -2.61. The minimum Gasteiger partial charge on any atom is -0.463 e. The molecule has 0 bridgehead atoms. The van der Waals surface area contributed by atoms with Crippen molar-refractivity contribution in [3.63, 3.8) is 0 Å². The van der Waals surface area contributed by atoms with Crippen molar-refractivity contribution in [1.29, 1.82) is 0 Å². The van der Waals surface area contributed by atoms with E-state index in [1.165, 1.54) is 0 Å². The maximum atomic E-state index is 11.4. The molecule has 0 N–H and O–H groups in total. The highest BCUT2D eigenvalue weighted by Crippen LogP contribution is 2.29. The highest BCUT2D eigenvalue weighted by Gasteiger charge is 2.51. The van der Waals surface area contributed by atoms with Crippen LogP contribution in [0.25, 0.3) is 10.4 Å². The van der Waals surface area contributed by atoms with Crippen LogP contribution in [0.4, 0.5) is 0 Å². The van der Waals surface area contributed by atoms with Crippen LogP contribution in [0.5, 0.6) is 0 Å². The third kappa shape index (κ3) is 6.22. The number of carbonyl (C=O) groups is 4. The SMILES string of the molecule is CC(=O)OC[C@H]1OC(OC(C)=O)[C@H](OC(C)=O)[C@@H](N=[N+]=[N-])[C@@H]1OC(C)=O. The van der Waals surface area contributed by atoms with Crippen LogP contribution in [0.2, 0.25) is 0 Å². The van der Waals surface area contributed by atoms with Crippen LogP contribution in [0.15, 0.2) is 5.11 Å². The number of ether oxygens (including phenoxy) is 5. The summed E-state index contributed by atoms with van der Waals surface area (Å²) in [4.78, 5) is 47.9. The van der Waals surface area contributed by atoms with Crippen LogP contribution in [0.3, 0.4) is 0 Å². The molecular weight excluding hydrogens is 354 g/mol. The molecule has 144 valence electrons. The summed E-state index contributed by atoms with van der Waals surface area (Å²) in [6, 6.07) is -1.29. The van der Waals surface area contributed by atoms with Crippen molar-refractivity contribution in [3.8, 4) is 0 Å². The van der Waals surface area contributed by atoms with Crippen molar-refractivity contribution < 1.29 is 42.9 Å². The third-order valence-electron chi connectivity index (χ3n) is 3.14. The second-order valence-corrected chi connectivity index (χ2v) is 5.30. The molecule has 1 aliphatic rings. The van der Waals surface area contributed by atoms with Gasteiger partial charge in [-0.3, -0.25) is 19.2 Å². The van der Waals surface area contributed by atoms with Crippen molar-refractivity contribution in [3.05, 3.63) is 10.4 Å². The van der Waals surface area contributed by atoms with Gasteiger partial charge in [0.05, 0.1) is 0 Å². The molecule has 0 aromatic carbocycles. The van der Waals surface area contributed by atoms with Gasteiger partial charge in [0.1, 0.15) is 24.9 Å². The van der Waals surface area contributed by atoms with Crippen molar-refractivity contribution in [1.82, 2.24) is 0 Å². The Morgan fingerprint density at radius 1 is 0.923 bits per heavy atom. The van der Waals surface area contributed by atoms with Crippen molar-refractivity contribution in [2.75, 3.05) is 6.61 Å². The van der Waals surface area contributed by atoms with Gasteiger partial charge in [0.25, 0.3) is 0 Å². The first kappa shape index (κ1) is 21.2. The molecule has 1 heterocycles. The monoisotopic (exact) mass is 373 g/mol. The fraction of sp³-hybridized carbons (Fsp3) is 0.714. The highest BCUT2D eigenvalue weighted by atomic mass is 16.7. The van der Waals surface area contributed by atoms with E-state index in [1.807, 2.05) is 0 Å². The van der Waals surface area contributed by atoms with E-state index in [0.717, 1.165) is 27.7 Å². The Kier molecular flexibility index (Phi) is 7.81. The number of carbonyl (C=O) groups excluding carboxylic acids is 4. The highest BCUT2D eigenvalue weighted by molar-refractivity contribution is 5.68. The maximum absolute atomic E-state index is 11.4. The predicted octanol–water partition coefficient (Wildman–Crippen LogP) is 0.380. The maximum Gasteiger partial charge on any atom is 0.305 e. The zero-order chi connectivity index (χ0) is 19.9. The van der Waals surface area contributed by atoms with Gasteiger partial charge in [-0.05, 0) is 5.53 Å². The Morgan fingerprint density at radius 2 is 1.46 bits per heavy atom. The average Bonchev–Trinajstić information content (AvgIpc) is 2.50. The Balaban J connectivity index is 3.27. The quantitative estimate of drug-likeness (QED) is 0.210. The zero-order valence-electron chi connectivity index (χ0n) is 14.6. The van der Waals surface area contributed by atoms with Crippen molar-refractivity contribution in [2.24, 2.45) is 5.11 Å². The molecule has 0 amide bonds. The van der Waals surface area contributed by atoms with Gasteiger partial charge in [0, 0.05) is 32.6 Å². The van der Waals surface area contributed by atoms with Gasteiger partial charge < -0.3 is 23.7 Å². The summed E-state index contributed by atoms with van der Waals surface area (Å²) in [6.07, 6.45) is -5.21. The van der Waals surface area contributed by atoms with E-state index in [-0.39, 0.29) is 6.61 Å². The minimum atomic E-state index is -1.46. The minimum absolute atomic E-state index is 0.380. The van der Waals surface area contributed by atoms with Gasteiger partial charge in [0.2, 0.25) is 6.29 Å². The lowest BCUT2D eigenvalue weighted by molar-refractivity contribution is -0.275. The molecule has 0 spiro atoms. The molecule has 26 heavy (non-hydrogen) atoms. The molecule has 0 aliphatic carbocycles. The van der Waals surface area contributed by atoms with E-state index >= 15 is 0 Å². The fourth-order valence-corrected chi connectivity index (χ4v) is 2.33. The molecule has 1 saturated heterocycles. The summed E-state index contributed by atoms with van der Waals surface area (Å²) in [5.74, 6) is -2.91. The number of azide groups is 1. The molecule has 0 aromatic heterocycles. The summed E-state index contributed by atoms with van der Waals surface area (Å²) < 4.78 is 25.5. The Morgan fingerprint density at radius 3 is 1.92 bits per heavy atom. The molecule has 1 rings (SSSR count). The fourth-order valence-electron chi connectivity index (χ4n) is 2.33. The second kappa shape index (κ2) is 9.59. The van der Waals surface area contributed by atoms with Crippen LogP contribution in [0, 0.1) is 0 Å². The van der Waals surface area contributed by atoms with E-state index < -0.39 is 54.5 Å². The van der Waals surface area contributed by atoms with Crippen LogP contribution in [-0.4, -0.2) is 61.1 Å². The van der Waals surface area contributed by atoms with E-state index in [4.69, 9.17) is 29.2 Å². The van der Waals surface area contributed by atoms with Crippen molar-refractivity contribution in [2.45, 2.75) is 58.3 Å². The number of hydrogen-bond acceptors (Lipinski definition) is 10. The molecule has 1 unspecified atom stereocenters. The molecule has 0 aromatic rings. The first-order valence-corrected chi connectivity index (χ1v) is 7.50. The van der Waals surface area contributed by atoms with Crippen LogP contribution < -0.4 is 0 Å². The third-order valence-corrected chi connectivity index (χ3v) is 3.14. The Bertz CT molecular complexity index is 617. The van der Waals surface area contributed by atoms with Crippen LogP contribution in [0.1, 0.15) is 27.7 Å². The largest absolute Gasteiger partial charge is 0.463 e. The van der Waals surface area contributed by atoms with E-state index in [2.05, 4.69) is 10.0 Å². The van der Waals surface area contributed by atoms with Crippen LogP contribution in [-0.2, 0) is 42.9 Å². The van der Waals surface area contributed by atoms with E-state index in [1.54, 1.807) is 0 Å². The summed E-state index contributed by atoms with van der Waals surface area (Å²) in [7, 11) is 0. The lowest BCUT2D eigenvalue weighted by atomic mass is 9.96. The van der Waals surface area contributed by atoms with E-state index in [0.29, 0.717) is 0 Å². The summed E-state index contributed by atoms with van der Waals surface area (Å²) >= 11 is 0. The molecule has 0 saturated carbocycles. The van der Waals surface area contributed by atoms with Gasteiger partial charge in [-0.2, -0.15) is 0 Å². The smallest absolute Gasteiger partial charge is 0.305 e. The lowest BCUT2D eigenvalue weighted by Gasteiger charge is -2.42. The number of hydrogen-bond donors (Lipinski definition) is 0. The first-order chi connectivity index (χ1) is 12.1. The van der Waals surface area contributed by atoms with Gasteiger partial charge >= 0.3 is 23.9 Å².